The van der Waals surface area contributed by atoms with Crippen LogP contribution in [0.4, 0.5) is 0 Å². The van der Waals surface area contributed by atoms with Crippen molar-refractivity contribution in [2.45, 2.75) is 63.7 Å². The van der Waals surface area contributed by atoms with Crippen LogP contribution in [0.5, 0.6) is 5.75 Å². The maximum atomic E-state index is 14.0. The van der Waals surface area contributed by atoms with Crippen LogP contribution >= 0.6 is 0 Å². The molecule has 3 aromatic carbocycles. The summed E-state index contributed by atoms with van der Waals surface area (Å²) in [6.45, 7) is 3.64. The highest BCUT2D eigenvalue weighted by Crippen LogP contribution is 2.21. The topological polar surface area (TPSA) is 202 Å². The smallest absolute Gasteiger partial charge is 0.326 e. The maximum absolute atomic E-state index is 14.0. The molecule has 0 bridgehead atoms. The number of phenolic OH excluding ortho intramolecular Hbond substituents is 1. The van der Waals surface area contributed by atoms with Crippen LogP contribution < -0.4 is 21.7 Å². The van der Waals surface area contributed by atoms with Gasteiger partial charge in [0.05, 0.1) is 6.04 Å². The number of hydrogen-bond acceptors (Lipinski definition) is 6. The zero-order valence-electron chi connectivity index (χ0n) is 27.4. The molecule has 9 N–H and O–H groups in total. The Labute approximate surface area is 283 Å². The van der Waals surface area contributed by atoms with Crippen LogP contribution in [0.15, 0.2) is 85.2 Å². The molecule has 2 aromatic heterocycles. The number of aromatic nitrogens is 2. The summed E-state index contributed by atoms with van der Waals surface area (Å²) in [6.07, 6.45) is 4.40. The van der Waals surface area contributed by atoms with Gasteiger partial charge in [-0.3, -0.25) is 14.4 Å². The van der Waals surface area contributed by atoms with E-state index in [0.29, 0.717) is 12.0 Å². The van der Waals surface area contributed by atoms with Crippen molar-refractivity contribution in [1.82, 2.24) is 25.9 Å². The second-order valence-corrected chi connectivity index (χ2v) is 12.4. The van der Waals surface area contributed by atoms with Gasteiger partial charge in [-0.2, -0.15) is 0 Å². The number of hydrogen-bond donors (Lipinski definition) is 8. The lowest BCUT2D eigenvalue weighted by Gasteiger charge is -2.28. The molecule has 12 heteroatoms. The Hall–Kier alpha value is -5.62. The molecule has 0 saturated heterocycles. The minimum Gasteiger partial charge on any atom is -0.508 e. The quantitative estimate of drug-likeness (QED) is 0.0837. The summed E-state index contributed by atoms with van der Waals surface area (Å²) in [5, 5.41) is 29.5. The maximum Gasteiger partial charge on any atom is 0.326 e. The van der Waals surface area contributed by atoms with Crippen molar-refractivity contribution < 1.29 is 29.4 Å². The third kappa shape index (κ3) is 8.46. The van der Waals surface area contributed by atoms with E-state index < -0.39 is 47.9 Å². The number of nitrogens with two attached hydrogens (primary N) is 1. The molecule has 0 radical (unpaired) electrons. The number of nitrogens with one attached hydrogen (secondary N) is 5. The van der Waals surface area contributed by atoms with Gasteiger partial charge in [0.1, 0.15) is 23.9 Å². The van der Waals surface area contributed by atoms with Crippen LogP contribution in [0, 0.1) is 5.92 Å². The van der Waals surface area contributed by atoms with Gasteiger partial charge in [0.15, 0.2) is 0 Å². The van der Waals surface area contributed by atoms with E-state index in [1.54, 1.807) is 25.3 Å². The summed E-state index contributed by atoms with van der Waals surface area (Å²) in [5.74, 6) is -3.39. The molecular weight excluding hydrogens is 624 g/mol. The number of para-hydroxylation sites is 2. The van der Waals surface area contributed by atoms with Crippen molar-refractivity contribution in [3.63, 3.8) is 0 Å². The van der Waals surface area contributed by atoms with Crippen molar-refractivity contribution in [2.75, 3.05) is 0 Å². The molecule has 5 unspecified atom stereocenters. The van der Waals surface area contributed by atoms with Gasteiger partial charge in [0.2, 0.25) is 17.7 Å². The molecule has 5 rings (SSSR count). The molecule has 3 amide bonds. The van der Waals surface area contributed by atoms with Gasteiger partial charge in [-0.05, 0) is 53.3 Å². The van der Waals surface area contributed by atoms with Gasteiger partial charge in [-0.25, -0.2) is 4.79 Å². The third-order valence-corrected chi connectivity index (χ3v) is 8.97. The van der Waals surface area contributed by atoms with E-state index in [9.17, 15) is 29.4 Å². The highest BCUT2D eigenvalue weighted by Gasteiger charge is 2.33. The number of rotatable bonds is 15. The molecule has 5 aromatic rings. The van der Waals surface area contributed by atoms with E-state index in [-0.39, 0.29) is 30.9 Å². The number of aromatic hydroxyl groups is 1. The Balaban J connectivity index is 1.35. The van der Waals surface area contributed by atoms with Gasteiger partial charge in [-0.1, -0.05) is 68.8 Å². The Morgan fingerprint density at radius 3 is 1.84 bits per heavy atom. The van der Waals surface area contributed by atoms with Crippen molar-refractivity contribution >= 4 is 45.5 Å². The van der Waals surface area contributed by atoms with Crippen LogP contribution in [-0.2, 0) is 38.4 Å². The molecule has 12 nitrogen and oxygen atoms in total. The highest BCUT2D eigenvalue weighted by atomic mass is 16.4. The Morgan fingerprint density at radius 1 is 0.714 bits per heavy atom. The minimum atomic E-state index is -1.29. The predicted molar refractivity (Wildman–Crippen MR) is 187 cm³/mol. The van der Waals surface area contributed by atoms with Gasteiger partial charge in [0, 0.05) is 47.0 Å². The van der Waals surface area contributed by atoms with E-state index in [1.165, 1.54) is 12.1 Å². The molecule has 49 heavy (non-hydrogen) atoms. The average Bonchev–Trinajstić information content (AvgIpc) is 3.70. The van der Waals surface area contributed by atoms with Crippen molar-refractivity contribution in [3.8, 4) is 5.75 Å². The number of carboxylic acid groups (broad SMARTS) is 1. The molecule has 2 heterocycles. The first-order valence-corrected chi connectivity index (χ1v) is 16.3. The average molecular weight is 667 g/mol. The lowest BCUT2D eigenvalue weighted by atomic mass is 9.96. The second-order valence-electron chi connectivity index (χ2n) is 12.4. The number of aliphatic carboxylic acids is 1. The minimum absolute atomic E-state index is 0.0317. The zero-order chi connectivity index (χ0) is 35.1. The van der Waals surface area contributed by atoms with E-state index in [1.807, 2.05) is 61.7 Å². The standard InChI is InChI=1S/C37H42N6O6/c1-3-21(2)33(36(47)42-32(37(48)49)16-22-12-14-25(44)15-13-22)43-35(46)31(18-24-20-40-30-11-7-5-9-27(24)30)41-34(45)28(38)17-23-19-39-29-10-6-4-8-26(23)29/h4-15,19-21,28,31-33,39-40,44H,3,16-18,38H2,1-2H3,(H,41,45)(H,42,47)(H,43,46)(H,48,49). The fourth-order valence-electron chi connectivity index (χ4n) is 5.92. The van der Waals surface area contributed by atoms with Crippen molar-refractivity contribution in [1.29, 1.82) is 0 Å². The predicted octanol–water partition coefficient (Wildman–Crippen LogP) is 3.30. The molecule has 0 spiro atoms. The lowest BCUT2D eigenvalue weighted by molar-refractivity contribution is -0.142. The summed E-state index contributed by atoms with van der Waals surface area (Å²) < 4.78 is 0. The van der Waals surface area contributed by atoms with Gasteiger partial charge in [-0.15, -0.1) is 0 Å². The Kier molecular flexibility index (Phi) is 11.0. The summed E-state index contributed by atoms with van der Waals surface area (Å²) in [7, 11) is 0. The molecule has 0 aliphatic carbocycles. The lowest BCUT2D eigenvalue weighted by Crippen LogP contribution is -2.59. The molecule has 0 fully saturated rings. The fraction of sp³-hybridized carbons (Fsp3) is 0.297. The largest absolute Gasteiger partial charge is 0.508 e. The van der Waals surface area contributed by atoms with Crippen molar-refractivity contribution in [3.05, 3.63) is 102 Å². The van der Waals surface area contributed by atoms with Gasteiger partial charge >= 0.3 is 5.97 Å². The second kappa shape index (κ2) is 15.5. The number of carbonyl (C=O) groups is 4. The van der Waals surface area contributed by atoms with Crippen LogP contribution in [0.1, 0.15) is 37.0 Å². The molecule has 0 saturated carbocycles. The Bertz CT molecular complexity index is 1930. The van der Waals surface area contributed by atoms with Gasteiger partial charge < -0.3 is 41.9 Å². The monoisotopic (exact) mass is 666 g/mol. The number of carbonyl (C=O) groups excluding carboxylic acids is 3. The van der Waals surface area contributed by atoms with Crippen LogP contribution in [0.2, 0.25) is 0 Å². The van der Waals surface area contributed by atoms with E-state index in [4.69, 9.17) is 5.73 Å². The summed E-state index contributed by atoms with van der Waals surface area (Å²) in [6, 6.07) is 16.8. The number of carboxylic acids is 1. The first-order valence-electron chi connectivity index (χ1n) is 16.3. The number of aromatic amines is 2. The summed E-state index contributed by atoms with van der Waals surface area (Å²) in [5.41, 5.74) is 10.4. The molecule has 0 aliphatic rings. The molecule has 256 valence electrons. The van der Waals surface area contributed by atoms with E-state index in [0.717, 1.165) is 32.9 Å². The number of H-pyrrole nitrogens is 2. The number of phenols is 1. The molecular formula is C37H42N6O6. The van der Waals surface area contributed by atoms with E-state index >= 15 is 0 Å². The summed E-state index contributed by atoms with van der Waals surface area (Å²) in [4.78, 5) is 59.7. The normalized spacial score (nSPS) is 14.4. The van der Waals surface area contributed by atoms with Gasteiger partial charge in [0.25, 0.3) is 0 Å². The third-order valence-electron chi connectivity index (χ3n) is 8.97. The number of fused-ring (bicyclic) bond motifs is 2. The first-order chi connectivity index (χ1) is 23.5. The fourth-order valence-corrected chi connectivity index (χ4v) is 5.92. The Morgan fingerprint density at radius 2 is 1.27 bits per heavy atom. The molecule has 0 aliphatic heterocycles. The number of benzene rings is 3. The first kappa shape index (κ1) is 34.7. The van der Waals surface area contributed by atoms with Crippen LogP contribution in [0.3, 0.4) is 0 Å². The summed E-state index contributed by atoms with van der Waals surface area (Å²) >= 11 is 0. The zero-order valence-corrected chi connectivity index (χ0v) is 27.4. The SMILES string of the molecule is CCC(C)C(NC(=O)C(Cc1c[nH]c2ccccc12)NC(=O)C(N)Cc1c[nH]c2ccccc12)C(=O)NC(Cc1ccc(O)cc1)C(=O)O. The highest BCUT2D eigenvalue weighted by molar-refractivity contribution is 5.95. The van der Waals surface area contributed by atoms with E-state index in [2.05, 4.69) is 25.9 Å². The van der Waals surface area contributed by atoms with Crippen LogP contribution in [-0.4, -0.2) is 68.0 Å². The number of amides is 3. The van der Waals surface area contributed by atoms with Crippen molar-refractivity contribution in [2.24, 2.45) is 11.7 Å². The molecule has 5 atom stereocenters. The van der Waals surface area contributed by atoms with Crippen LogP contribution in [0.25, 0.3) is 21.8 Å².